The second-order valence-electron chi connectivity index (χ2n) is 5.92. The molecule has 1 aromatic rings. The molecular formula is C16H22BrFN2O. The van der Waals surface area contributed by atoms with Crippen molar-refractivity contribution in [2.24, 2.45) is 5.92 Å². The van der Waals surface area contributed by atoms with Crippen molar-refractivity contribution in [1.29, 1.82) is 0 Å². The molecule has 1 heterocycles. The number of halogens is 2. The highest BCUT2D eigenvalue weighted by atomic mass is 79.9. The average molecular weight is 357 g/mol. The Bertz CT molecular complexity index is 499. The Labute approximate surface area is 134 Å². The fourth-order valence-electron chi connectivity index (χ4n) is 2.45. The zero-order valence-electron chi connectivity index (χ0n) is 12.6. The zero-order chi connectivity index (χ0) is 15.4. The number of rotatable bonds is 4. The molecule has 0 radical (unpaired) electrons. The molecule has 1 fully saturated rings. The summed E-state index contributed by atoms with van der Waals surface area (Å²) in [6, 6.07) is 4.59. The number of benzene rings is 1. The van der Waals surface area contributed by atoms with Crippen LogP contribution in [0.5, 0.6) is 0 Å². The summed E-state index contributed by atoms with van der Waals surface area (Å²) in [5.74, 6) is 0.217. The van der Waals surface area contributed by atoms with E-state index in [2.05, 4.69) is 34.7 Å². The molecule has 1 aromatic carbocycles. The van der Waals surface area contributed by atoms with Crippen LogP contribution < -0.4 is 0 Å². The average Bonchev–Trinajstić information content (AvgIpc) is 2.48. The van der Waals surface area contributed by atoms with Gasteiger partial charge in [0, 0.05) is 26.2 Å². The monoisotopic (exact) mass is 356 g/mol. The summed E-state index contributed by atoms with van der Waals surface area (Å²) in [7, 11) is 0. The summed E-state index contributed by atoms with van der Waals surface area (Å²) >= 11 is 3.17. The first-order chi connectivity index (χ1) is 9.99. The zero-order valence-corrected chi connectivity index (χ0v) is 14.2. The maximum Gasteiger partial charge on any atom is 0.255 e. The second-order valence-corrected chi connectivity index (χ2v) is 6.71. The molecule has 1 aliphatic heterocycles. The van der Waals surface area contributed by atoms with Gasteiger partial charge in [0.15, 0.2) is 0 Å². The Hall–Kier alpha value is -0.940. The number of nitrogens with zero attached hydrogens (tertiary/aromatic N) is 2. The topological polar surface area (TPSA) is 23.6 Å². The summed E-state index contributed by atoms with van der Waals surface area (Å²) < 4.78 is 13.8. The Morgan fingerprint density at radius 1 is 1.29 bits per heavy atom. The highest BCUT2D eigenvalue weighted by molar-refractivity contribution is 9.10. The molecular weight excluding hydrogens is 335 g/mol. The lowest BCUT2D eigenvalue weighted by Crippen LogP contribution is -2.49. The third-order valence-corrected chi connectivity index (χ3v) is 4.67. The van der Waals surface area contributed by atoms with Gasteiger partial charge in [0.05, 0.1) is 10.0 Å². The minimum Gasteiger partial charge on any atom is -0.336 e. The number of carbonyl (C=O) groups excluding carboxylic acids is 1. The Morgan fingerprint density at radius 3 is 2.57 bits per heavy atom. The minimum atomic E-state index is -0.392. The van der Waals surface area contributed by atoms with Crippen LogP contribution in [-0.2, 0) is 0 Å². The van der Waals surface area contributed by atoms with Crippen LogP contribution in [0.4, 0.5) is 4.39 Å². The standard InChI is InChI=1S/C16H22BrFN2O/c1-12(2)6-7-19-8-10-20(11-9-19)16(21)13-4-3-5-14(18)15(13)17/h3-5,12H,6-11H2,1-2H3. The van der Waals surface area contributed by atoms with Crippen LogP contribution in [0, 0.1) is 11.7 Å². The summed E-state index contributed by atoms with van der Waals surface area (Å²) in [4.78, 5) is 16.7. The van der Waals surface area contributed by atoms with Gasteiger partial charge >= 0.3 is 0 Å². The van der Waals surface area contributed by atoms with Gasteiger partial charge in [-0.15, -0.1) is 0 Å². The van der Waals surface area contributed by atoms with Crippen LogP contribution in [0.1, 0.15) is 30.6 Å². The van der Waals surface area contributed by atoms with Crippen molar-refractivity contribution < 1.29 is 9.18 Å². The smallest absolute Gasteiger partial charge is 0.255 e. The Balaban J connectivity index is 1.93. The van der Waals surface area contributed by atoms with Crippen LogP contribution in [0.2, 0.25) is 0 Å². The molecule has 0 unspecified atom stereocenters. The van der Waals surface area contributed by atoms with Crippen LogP contribution in [0.15, 0.2) is 22.7 Å². The van der Waals surface area contributed by atoms with Gasteiger partial charge < -0.3 is 4.90 Å². The van der Waals surface area contributed by atoms with Gasteiger partial charge in [0.2, 0.25) is 0 Å². The molecule has 5 heteroatoms. The molecule has 0 saturated carbocycles. The van der Waals surface area contributed by atoms with E-state index in [-0.39, 0.29) is 10.4 Å². The molecule has 1 aliphatic rings. The quantitative estimate of drug-likeness (QED) is 0.825. The second kappa shape index (κ2) is 7.36. The minimum absolute atomic E-state index is 0.0927. The lowest BCUT2D eigenvalue weighted by Gasteiger charge is -2.35. The molecule has 0 N–H and O–H groups in total. The van der Waals surface area contributed by atoms with E-state index in [1.54, 1.807) is 12.1 Å². The summed E-state index contributed by atoms with van der Waals surface area (Å²) in [5.41, 5.74) is 0.408. The largest absolute Gasteiger partial charge is 0.336 e. The van der Waals surface area contributed by atoms with E-state index < -0.39 is 5.82 Å². The normalized spacial score (nSPS) is 16.5. The van der Waals surface area contributed by atoms with E-state index in [0.29, 0.717) is 24.6 Å². The van der Waals surface area contributed by atoms with Gasteiger partial charge in [-0.1, -0.05) is 19.9 Å². The van der Waals surface area contributed by atoms with Gasteiger partial charge in [-0.25, -0.2) is 4.39 Å². The molecule has 0 spiro atoms. The number of amides is 1. The first-order valence-corrected chi connectivity index (χ1v) is 8.24. The SMILES string of the molecule is CC(C)CCN1CCN(C(=O)c2cccc(F)c2Br)CC1. The highest BCUT2D eigenvalue weighted by Gasteiger charge is 2.24. The molecule has 2 rings (SSSR count). The first kappa shape index (κ1) is 16.4. The fraction of sp³-hybridized carbons (Fsp3) is 0.562. The van der Waals surface area contributed by atoms with Crippen molar-refractivity contribution in [2.75, 3.05) is 32.7 Å². The molecule has 0 aliphatic carbocycles. The number of hydrogen-bond donors (Lipinski definition) is 0. The summed E-state index contributed by atoms with van der Waals surface area (Å²) in [5, 5.41) is 0. The van der Waals surface area contributed by atoms with Crippen molar-refractivity contribution in [3.63, 3.8) is 0 Å². The van der Waals surface area contributed by atoms with Crippen LogP contribution in [0.25, 0.3) is 0 Å². The van der Waals surface area contributed by atoms with Crippen LogP contribution in [0.3, 0.4) is 0 Å². The molecule has 1 saturated heterocycles. The Morgan fingerprint density at radius 2 is 1.95 bits per heavy atom. The van der Waals surface area contributed by atoms with Gasteiger partial charge in [0.25, 0.3) is 5.91 Å². The number of piperazine rings is 1. The highest BCUT2D eigenvalue weighted by Crippen LogP contribution is 2.22. The number of carbonyl (C=O) groups is 1. The predicted octanol–water partition coefficient (Wildman–Crippen LogP) is 3.39. The maximum atomic E-state index is 13.5. The lowest BCUT2D eigenvalue weighted by atomic mass is 10.1. The van der Waals surface area contributed by atoms with Crippen molar-refractivity contribution in [1.82, 2.24) is 9.80 Å². The summed E-state index contributed by atoms with van der Waals surface area (Å²) in [6.45, 7) is 8.74. The van der Waals surface area contributed by atoms with Gasteiger partial charge in [0.1, 0.15) is 5.82 Å². The van der Waals surface area contributed by atoms with Crippen molar-refractivity contribution in [3.8, 4) is 0 Å². The van der Waals surface area contributed by atoms with E-state index in [0.717, 1.165) is 19.6 Å². The fourth-order valence-corrected chi connectivity index (χ4v) is 2.89. The summed E-state index contributed by atoms with van der Waals surface area (Å²) in [6.07, 6.45) is 1.18. The van der Waals surface area contributed by atoms with Crippen molar-refractivity contribution >= 4 is 21.8 Å². The van der Waals surface area contributed by atoms with E-state index in [1.165, 1.54) is 12.5 Å². The van der Waals surface area contributed by atoms with E-state index in [1.807, 2.05) is 4.90 Å². The van der Waals surface area contributed by atoms with E-state index >= 15 is 0 Å². The molecule has 0 atom stereocenters. The van der Waals surface area contributed by atoms with E-state index in [9.17, 15) is 9.18 Å². The lowest BCUT2D eigenvalue weighted by molar-refractivity contribution is 0.0630. The van der Waals surface area contributed by atoms with Crippen molar-refractivity contribution in [3.05, 3.63) is 34.1 Å². The molecule has 3 nitrogen and oxygen atoms in total. The third-order valence-electron chi connectivity index (χ3n) is 3.86. The molecule has 116 valence electrons. The third kappa shape index (κ3) is 4.27. The number of hydrogen-bond acceptors (Lipinski definition) is 2. The molecule has 0 aromatic heterocycles. The van der Waals surface area contributed by atoms with Gasteiger partial charge in [-0.3, -0.25) is 9.69 Å². The maximum absolute atomic E-state index is 13.5. The molecule has 1 amide bonds. The van der Waals surface area contributed by atoms with Crippen LogP contribution >= 0.6 is 15.9 Å². The van der Waals surface area contributed by atoms with E-state index in [4.69, 9.17) is 0 Å². The first-order valence-electron chi connectivity index (χ1n) is 7.44. The van der Waals surface area contributed by atoms with Gasteiger partial charge in [-0.2, -0.15) is 0 Å². The Kier molecular flexibility index (Phi) is 5.76. The predicted molar refractivity (Wildman–Crippen MR) is 85.9 cm³/mol. The van der Waals surface area contributed by atoms with Gasteiger partial charge in [-0.05, 0) is 46.9 Å². The molecule has 21 heavy (non-hydrogen) atoms. The molecule has 0 bridgehead atoms. The van der Waals surface area contributed by atoms with Crippen LogP contribution in [-0.4, -0.2) is 48.4 Å². The van der Waals surface area contributed by atoms with Crippen molar-refractivity contribution in [2.45, 2.75) is 20.3 Å².